The normalized spacial score (nSPS) is 25.9. The third-order valence-electron chi connectivity index (χ3n) is 3.85. The minimum atomic E-state index is -0.151. The summed E-state index contributed by atoms with van der Waals surface area (Å²) in [5.41, 5.74) is 1.17. The molecule has 2 unspecified atom stereocenters. The van der Waals surface area contributed by atoms with Crippen molar-refractivity contribution in [3.8, 4) is 0 Å². The predicted octanol–water partition coefficient (Wildman–Crippen LogP) is 2.96. The lowest BCUT2D eigenvalue weighted by Crippen LogP contribution is -2.61. The average molecular weight is 250 g/mol. The van der Waals surface area contributed by atoms with Gasteiger partial charge in [0.25, 0.3) is 0 Å². The molecule has 1 aromatic carbocycles. The zero-order valence-corrected chi connectivity index (χ0v) is 11.7. The van der Waals surface area contributed by atoms with Crippen molar-refractivity contribution in [1.29, 1.82) is 0 Å². The lowest BCUT2D eigenvalue weighted by atomic mass is 9.95. The fraction of sp³-hybridized carbons (Fsp3) is 0.600. The van der Waals surface area contributed by atoms with E-state index in [-0.39, 0.29) is 17.4 Å². The Labute approximate surface area is 109 Å². The lowest BCUT2D eigenvalue weighted by molar-refractivity contribution is 0.0688. The molecule has 2 rings (SSSR count). The third kappa shape index (κ3) is 2.90. The quantitative estimate of drug-likeness (QED) is 0.868. The van der Waals surface area contributed by atoms with Crippen molar-refractivity contribution < 1.29 is 4.39 Å². The van der Waals surface area contributed by atoms with E-state index in [1.165, 1.54) is 6.07 Å². The third-order valence-corrected chi connectivity index (χ3v) is 3.85. The van der Waals surface area contributed by atoms with E-state index in [0.29, 0.717) is 6.04 Å². The summed E-state index contributed by atoms with van der Waals surface area (Å²) < 4.78 is 13.3. The Hall–Kier alpha value is -0.930. The lowest BCUT2D eigenvalue weighted by Gasteiger charge is -2.46. The Bertz CT molecular complexity index is 417. The number of nitrogens with zero attached hydrogens (tertiary/aromatic N) is 1. The summed E-state index contributed by atoms with van der Waals surface area (Å²) in [4.78, 5) is 2.45. The number of hydrogen-bond donors (Lipinski definition) is 1. The first-order chi connectivity index (χ1) is 8.39. The maximum atomic E-state index is 13.3. The summed E-state index contributed by atoms with van der Waals surface area (Å²) in [6, 6.07) is 7.66. The number of rotatable bonds is 2. The molecule has 1 heterocycles. The van der Waals surface area contributed by atoms with Crippen LogP contribution in [0, 0.1) is 5.82 Å². The predicted molar refractivity (Wildman–Crippen MR) is 73.1 cm³/mol. The molecule has 2 nitrogen and oxygen atoms in total. The van der Waals surface area contributed by atoms with Crippen LogP contribution in [0.5, 0.6) is 0 Å². The van der Waals surface area contributed by atoms with Crippen LogP contribution in [0.1, 0.15) is 39.3 Å². The summed E-state index contributed by atoms with van der Waals surface area (Å²) in [6.07, 6.45) is 0. The molecule has 100 valence electrons. The second-order valence-electron chi connectivity index (χ2n) is 6.02. The zero-order chi connectivity index (χ0) is 13.3. The summed E-state index contributed by atoms with van der Waals surface area (Å²) in [7, 11) is 0. The van der Waals surface area contributed by atoms with Crippen molar-refractivity contribution in [2.45, 2.75) is 45.3 Å². The number of halogens is 1. The van der Waals surface area contributed by atoms with E-state index in [9.17, 15) is 4.39 Å². The van der Waals surface area contributed by atoms with Gasteiger partial charge in [-0.05, 0) is 45.4 Å². The highest BCUT2D eigenvalue weighted by Crippen LogP contribution is 2.27. The summed E-state index contributed by atoms with van der Waals surface area (Å²) in [5.74, 6) is -0.151. The van der Waals surface area contributed by atoms with Gasteiger partial charge in [0.2, 0.25) is 0 Å². The monoisotopic (exact) mass is 250 g/mol. The van der Waals surface area contributed by atoms with E-state index in [1.807, 2.05) is 6.07 Å². The van der Waals surface area contributed by atoms with Gasteiger partial charge in [0.15, 0.2) is 0 Å². The van der Waals surface area contributed by atoms with Crippen LogP contribution in [0.2, 0.25) is 0 Å². The number of piperazine rings is 1. The van der Waals surface area contributed by atoms with E-state index in [2.05, 4.69) is 37.9 Å². The van der Waals surface area contributed by atoms with Crippen LogP contribution < -0.4 is 5.32 Å². The fourth-order valence-corrected chi connectivity index (χ4v) is 2.69. The van der Waals surface area contributed by atoms with Crippen molar-refractivity contribution in [3.05, 3.63) is 35.6 Å². The van der Waals surface area contributed by atoms with Crippen LogP contribution in [0.3, 0.4) is 0 Å². The van der Waals surface area contributed by atoms with Gasteiger partial charge >= 0.3 is 0 Å². The van der Waals surface area contributed by atoms with Crippen molar-refractivity contribution in [1.82, 2.24) is 10.2 Å². The topological polar surface area (TPSA) is 15.3 Å². The van der Waals surface area contributed by atoms with E-state index in [4.69, 9.17) is 0 Å². The molecule has 0 saturated carbocycles. The molecular formula is C15H23FN2. The molecule has 0 aliphatic carbocycles. The zero-order valence-electron chi connectivity index (χ0n) is 11.7. The van der Waals surface area contributed by atoms with Crippen molar-refractivity contribution in [2.75, 3.05) is 13.1 Å². The Kier molecular flexibility index (Phi) is 3.74. The molecule has 0 spiro atoms. The van der Waals surface area contributed by atoms with Gasteiger partial charge in [0.05, 0.1) is 0 Å². The summed E-state index contributed by atoms with van der Waals surface area (Å²) >= 11 is 0. The molecular weight excluding hydrogens is 227 g/mol. The molecule has 0 amide bonds. The number of hydrogen-bond acceptors (Lipinski definition) is 2. The molecule has 1 aromatic rings. The van der Waals surface area contributed by atoms with Crippen LogP contribution in [0.4, 0.5) is 4.39 Å². The molecule has 1 N–H and O–H groups in total. The van der Waals surface area contributed by atoms with Crippen LogP contribution >= 0.6 is 0 Å². The molecule has 1 saturated heterocycles. The minimum absolute atomic E-state index is 0.119. The van der Waals surface area contributed by atoms with Gasteiger partial charge < -0.3 is 5.32 Å². The minimum Gasteiger partial charge on any atom is -0.309 e. The first-order valence-electron chi connectivity index (χ1n) is 6.65. The Balaban J connectivity index is 2.19. The Morgan fingerprint density at radius 1 is 1.44 bits per heavy atom. The second-order valence-corrected chi connectivity index (χ2v) is 6.02. The number of benzene rings is 1. The maximum absolute atomic E-state index is 13.3. The summed E-state index contributed by atoms with van der Waals surface area (Å²) in [6.45, 7) is 10.8. The smallest absolute Gasteiger partial charge is 0.123 e. The van der Waals surface area contributed by atoms with Gasteiger partial charge in [-0.25, -0.2) is 4.39 Å². The first kappa shape index (κ1) is 13.5. The molecule has 3 heteroatoms. The van der Waals surface area contributed by atoms with Crippen molar-refractivity contribution in [2.24, 2.45) is 0 Å². The largest absolute Gasteiger partial charge is 0.309 e. The highest BCUT2D eigenvalue weighted by molar-refractivity contribution is 5.20. The molecule has 1 aliphatic rings. The van der Waals surface area contributed by atoms with Crippen LogP contribution in [0.15, 0.2) is 24.3 Å². The van der Waals surface area contributed by atoms with Crippen LogP contribution in [0.25, 0.3) is 0 Å². The van der Waals surface area contributed by atoms with Crippen molar-refractivity contribution >= 4 is 0 Å². The van der Waals surface area contributed by atoms with E-state index >= 15 is 0 Å². The van der Waals surface area contributed by atoms with Crippen LogP contribution in [-0.2, 0) is 0 Å². The second kappa shape index (κ2) is 4.98. The van der Waals surface area contributed by atoms with E-state index < -0.39 is 0 Å². The molecule has 0 aromatic heterocycles. The van der Waals surface area contributed by atoms with Gasteiger partial charge in [-0.3, -0.25) is 4.90 Å². The molecule has 1 aliphatic heterocycles. The number of nitrogens with one attached hydrogen (secondary N) is 1. The summed E-state index contributed by atoms with van der Waals surface area (Å²) in [5, 5.41) is 3.54. The van der Waals surface area contributed by atoms with E-state index in [0.717, 1.165) is 18.7 Å². The van der Waals surface area contributed by atoms with Gasteiger partial charge in [-0.1, -0.05) is 12.1 Å². The van der Waals surface area contributed by atoms with Crippen molar-refractivity contribution in [3.63, 3.8) is 0 Å². The average Bonchev–Trinajstić information content (AvgIpc) is 2.31. The molecule has 0 bridgehead atoms. The molecule has 1 fully saturated rings. The molecule has 18 heavy (non-hydrogen) atoms. The standard InChI is InChI=1S/C15H23FN2/c1-11-9-17-15(3,4)10-18(11)12(2)13-6-5-7-14(16)8-13/h5-8,11-12,17H,9-10H2,1-4H3. The fourth-order valence-electron chi connectivity index (χ4n) is 2.69. The van der Waals surface area contributed by atoms with Gasteiger partial charge in [-0.15, -0.1) is 0 Å². The molecule has 2 atom stereocenters. The van der Waals surface area contributed by atoms with Gasteiger partial charge in [-0.2, -0.15) is 0 Å². The Morgan fingerprint density at radius 3 is 2.83 bits per heavy atom. The Morgan fingerprint density at radius 2 is 2.17 bits per heavy atom. The molecule has 0 radical (unpaired) electrons. The van der Waals surface area contributed by atoms with Gasteiger partial charge in [0.1, 0.15) is 5.82 Å². The van der Waals surface area contributed by atoms with E-state index in [1.54, 1.807) is 12.1 Å². The SMILES string of the molecule is CC1CNC(C)(C)CN1C(C)c1cccc(F)c1. The first-order valence-corrected chi connectivity index (χ1v) is 6.65. The van der Waals surface area contributed by atoms with Gasteiger partial charge in [0, 0.05) is 30.7 Å². The van der Waals surface area contributed by atoms with Crippen LogP contribution in [-0.4, -0.2) is 29.6 Å². The highest BCUT2D eigenvalue weighted by Gasteiger charge is 2.33. The maximum Gasteiger partial charge on any atom is 0.123 e. The highest BCUT2D eigenvalue weighted by atomic mass is 19.1.